The number of rotatable bonds is 2. The number of imidazole rings is 1. The number of aromatic nitrogens is 2. The van der Waals surface area contributed by atoms with Gasteiger partial charge in [0.2, 0.25) is 10.0 Å². The summed E-state index contributed by atoms with van der Waals surface area (Å²) in [5.74, 6) is -0.156. The van der Waals surface area contributed by atoms with E-state index in [1.165, 1.54) is 23.2 Å². The molecular formula is C13H14N4O3S. The normalized spacial score (nSPS) is 18.2. The maximum Gasteiger partial charge on any atom is 0.253 e. The summed E-state index contributed by atoms with van der Waals surface area (Å²) >= 11 is 0. The third-order valence-corrected chi connectivity index (χ3v) is 4.41. The highest BCUT2D eigenvalue weighted by Gasteiger charge is 2.27. The lowest BCUT2D eigenvalue weighted by molar-refractivity contribution is 0.0855. The first-order chi connectivity index (χ1) is 9.97. The van der Waals surface area contributed by atoms with Gasteiger partial charge in [0.25, 0.3) is 5.91 Å². The topological polar surface area (TPSA) is 107 Å². The molecule has 0 amide bonds. The van der Waals surface area contributed by atoms with E-state index < -0.39 is 16.1 Å². The Balaban J connectivity index is 2.01. The fourth-order valence-electron chi connectivity index (χ4n) is 2.48. The Bertz CT molecular complexity index is 784. The lowest BCUT2D eigenvalue weighted by atomic mass is 9.94. The number of benzene rings is 1. The van der Waals surface area contributed by atoms with Crippen molar-refractivity contribution in [3.05, 3.63) is 48.0 Å². The predicted molar refractivity (Wildman–Crippen MR) is 75.1 cm³/mol. The van der Waals surface area contributed by atoms with Gasteiger partial charge in [0.05, 0.1) is 4.90 Å². The number of nitrogens with zero attached hydrogens (tertiary/aromatic N) is 2. The minimum atomic E-state index is -3.74. The van der Waals surface area contributed by atoms with Gasteiger partial charge in [-0.1, -0.05) is 6.07 Å². The zero-order valence-corrected chi connectivity index (χ0v) is 11.9. The number of carbonyl (C=O) groups is 1. The van der Waals surface area contributed by atoms with Crippen molar-refractivity contribution in [2.75, 3.05) is 6.54 Å². The van der Waals surface area contributed by atoms with E-state index in [4.69, 9.17) is 5.14 Å². The van der Waals surface area contributed by atoms with Gasteiger partial charge >= 0.3 is 0 Å². The summed E-state index contributed by atoms with van der Waals surface area (Å²) in [6.07, 6.45) is 5.20. The Morgan fingerprint density at radius 3 is 2.90 bits per heavy atom. The fourth-order valence-corrected chi connectivity index (χ4v) is 3.04. The van der Waals surface area contributed by atoms with E-state index in [9.17, 15) is 13.2 Å². The van der Waals surface area contributed by atoms with Gasteiger partial charge in [-0.2, -0.15) is 0 Å². The predicted octanol–water partition coefficient (Wildman–Crippen LogP) is 0.0577. The summed E-state index contributed by atoms with van der Waals surface area (Å²) in [5.41, 5.74) is 1.59. The van der Waals surface area contributed by atoms with Crippen molar-refractivity contribution < 1.29 is 13.2 Å². The molecule has 2 heterocycles. The van der Waals surface area contributed by atoms with E-state index >= 15 is 0 Å². The highest BCUT2D eigenvalue weighted by atomic mass is 32.2. The van der Waals surface area contributed by atoms with Gasteiger partial charge in [-0.25, -0.2) is 18.5 Å². The van der Waals surface area contributed by atoms with Crippen LogP contribution in [0.3, 0.4) is 0 Å². The van der Waals surface area contributed by atoms with E-state index in [0.29, 0.717) is 13.0 Å². The molecule has 0 fully saturated rings. The molecule has 1 aliphatic heterocycles. The second-order valence-electron chi connectivity index (χ2n) is 4.85. The standard InChI is InChI=1S/C13H14N4O3S/c14-21(19,20)10-1-2-11-9(7-10)3-4-16-12(11)13(18)17-6-5-15-8-17/h1-2,5-8,12,16H,3-4H2,(H2,14,19,20). The van der Waals surface area contributed by atoms with Crippen molar-refractivity contribution >= 4 is 15.9 Å². The van der Waals surface area contributed by atoms with E-state index in [1.54, 1.807) is 18.3 Å². The van der Waals surface area contributed by atoms with Crippen LogP contribution < -0.4 is 10.5 Å². The fraction of sp³-hybridized carbons (Fsp3) is 0.231. The van der Waals surface area contributed by atoms with Crippen LogP contribution in [0.5, 0.6) is 0 Å². The first-order valence-corrected chi connectivity index (χ1v) is 7.92. The maximum absolute atomic E-state index is 12.4. The van der Waals surface area contributed by atoms with Gasteiger partial charge in [-0.05, 0) is 29.7 Å². The van der Waals surface area contributed by atoms with Crippen LogP contribution in [0, 0.1) is 0 Å². The maximum atomic E-state index is 12.4. The summed E-state index contributed by atoms with van der Waals surface area (Å²) in [5, 5.41) is 8.28. The lowest BCUT2D eigenvalue weighted by Gasteiger charge is -2.26. The zero-order chi connectivity index (χ0) is 15.0. The second kappa shape index (κ2) is 5.06. The molecule has 1 unspecified atom stereocenters. The molecule has 110 valence electrons. The molecule has 0 spiro atoms. The molecule has 0 saturated carbocycles. The molecule has 0 saturated heterocycles. The van der Waals surface area contributed by atoms with Crippen LogP contribution in [0.15, 0.2) is 41.8 Å². The lowest BCUT2D eigenvalue weighted by Crippen LogP contribution is -2.37. The molecule has 0 bridgehead atoms. The Hall–Kier alpha value is -2.03. The van der Waals surface area contributed by atoms with Gasteiger partial charge in [0.15, 0.2) is 0 Å². The summed E-state index contributed by atoms with van der Waals surface area (Å²) in [6, 6.07) is 4.09. The number of nitrogens with one attached hydrogen (secondary N) is 1. The summed E-state index contributed by atoms with van der Waals surface area (Å²) in [7, 11) is -3.74. The van der Waals surface area contributed by atoms with Gasteiger partial charge in [0, 0.05) is 18.9 Å². The molecule has 21 heavy (non-hydrogen) atoms. The van der Waals surface area contributed by atoms with Gasteiger partial charge in [0.1, 0.15) is 12.4 Å². The van der Waals surface area contributed by atoms with E-state index in [2.05, 4.69) is 10.3 Å². The minimum absolute atomic E-state index is 0.0666. The highest BCUT2D eigenvalue weighted by Crippen LogP contribution is 2.26. The Morgan fingerprint density at radius 1 is 1.43 bits per heavy atom. The van der Waals surface area contributed by atoms with Crippen LogP contribution >= 0.6 is 0 Å². The van der Waals surface area contributed by atoms with Gasteiger partial charge < -0.3 is 5.32 Å². The molecule has 3 rings (SSSR count). The van der Waals surface area contributed by atoms with E-state index in [0.717, 1.165) is 11.1 Å². The number of carbonyl (C=O) groups excluding carboxylic acids is 1. The average molecular weight is 306 g/mol. The molecule has 2 aromatic rings. The third-order valence-electron chi connectivity index (χ3n) is 3.50. The van der Waals surface area contributed by atoms with Crippen molar-refractivity contribution in [3.63, 3.8) is 0 Å². The van der Waals surface area contributed by atoms with Crippen molar-refractivity contribution in [2.24, 2.45) is 5.14 Å². The molecule has 3 N–H and O–H groups in total. The third kappa shape index (κ3) is 2.60. The Kier molecular flexibility index (Phi) is 3.36. The SMILES string of the molecule is NS(=O)(=O)c1ccc2c(c1)CCNC2C(=O)n1ccnc1. The van der Waals surface area contributed by atoms with Gasteiger partial charge in [-0.3, -0.25) is 9.36 Å². The summed E-state index contributed by atoms with van der Waals surface area (Å²) in [6.45, 7) is 0.589. The molecule has 0 radical (unpaired) electrons. The van der Waals surface area contributed by atoms with Crippen LogP contribution in [0.4, 0.5) is 0 Å². The molecule has 7 nitrogen and oxygen atoms in total. The Labute approximate surface area is 121 Å². The second-order valence-corrected chi connectivity index (χ2v) is 6.41. The van der Waals surface area contributed by atoms with Crippen molar-refractivity contribution in [2.45, 2.75) is 17.4 Å². The van der Waals surface area contributed by atoms with Crippen LogP contribution in [0.2, 0.25) is 0 Å². The molecule has 8 heteroatoms. The largest absolute Gasteiger partial charge is 0.302 e. The van der Waals surface area contributed by atoms with Crippen molar-refractivity contribution in [1.29, 1.82) is 0 Å². The zero-order valence-electron chi connectivity index (χ0n) is 11.1. The first-order valence-electron chi connectivity index (χ1n) is 6.38. The average Bonchev–Trinajstić information content (AvgIpc) is 2.98. The van der Waals surface area contributed by atoms with Crippen LogP contribution in [-0.4, -0.2) is 30.4 Å². The monoisotopic (exact) mass is 306 g/mol. The first kappa shape index (κ1) is 13.9. The van der Waals surface area contributed by atoms with Crippen LogP contribution in [-0.2, 0) is 16.4 Å². The molecule has 1 aromatic heterocycles. The molecule has 1 atom stereocenters. The van der Waals surface area contributed by atoms with Crippen LogP contribution in [0.1, 0.15) is 22.0 Å². The quantitative estimate of drug-likeness (QED) is 0.815. The Morgan fingerprint density at radius 2 is 2.24 bits per heavy atom. The van der Waals surface area contributed by atoms with Crippen molar-refractivity contribution in [3.8, 4) is 0 Å². The van der Waals surface area contributed by atoms with Gasteiger partial charge in [-0.15, -0.1) is 0 Å². The summed E-state index contributed by atoms with van der Waals surface area (Å²) < 4.78 is 24.2. The number of hydrogen-bond donors (Lipinski definition) is 2. The number of sulfonamides is 1. The summed E-state index contributed by atoms with van der Waals surface area (Å²) in [4.78, 5) is 16.3. The number of fused-ring (bicyclic) bond motifs is 1. The highest BCUT2D eigenvalue weighted by molar-refractivity contribution is 7.89. The number of hydrogen-bond acceptors (Lipinski definition) is 5. The smallest absolute Gasteiger partial charge is 0.253 e. The van der Waals surface area contributed by atoms with Crippen LogP contribution in [0.25, 0.3) is 0 Å². The van der Waals surface area contributed by atoms with E-state index in [-0.39, 0.29) is 10.8 Å². The molecule has 1 aliphatic rings. The van der Waals surface area contributed by atoms with Crippen molar-refractivity contribution in [1.82, 2.24) is 14.9 Å². The molecule has 0 aliphatic carbocycles. The number of nitrogens with two attached hydrogens (primary N) is 1. The van der Waals surface area contributed by atoms with E-state index in [1.807, 2.05) is 0 Å². The minimum Gasteiger partial charge on any atom is -0.302 e. The molecular weight excluding hydrogens is 292 g/mol. The molecule has 1 aromatic carbocycles. The number of primary sulfonamides is 1.